The molecule has 0 radical (unpaired) electrons. The number of nitrogens with one attached hydrogen (secondary N) is 1. The topological polar surface area (TPSA) is 45.2 Å². The zero-order chi connectivity index (χ0) is 13.9. The summed E-state index contributed by atoms with van der Waals surface area (Å²) >= 11 is 0. The van der Waals surface area contributed by atoms with E-state index in [4.69, 9.17) is 0 Å². The van der Waals surface area contributed by atoms with Gasteiger partial charge in [0.15, 0.2) is 0 Å². The number of hydrogen-bond acceptors (Lipinski definition) is 3. The average molecular weight is 273 g/mol. The number of aryl methyl sites for hydroxylation is 1. The summed E-state index contributed by atoms with van der Waals surface area (Å²) in [4.78, 5) is 19.1. The minimum atomic E-state index is 0.101. The van der Waals surface area contributed by atoms with E-state index in [0.29, 0.717) is 17.8 Å². The lowest BCUT2D eigenvalue weighted by atomic mass is 10.0. The molecule has 1 unspecified atom stereocenters. The van der Waals surface area contributed by atoms with Crippen molar-refractivity contribution in [3.63, 3.8) is 0 Å². The molecule has 4 heteroatoms. The molecule has 2 aliphatic rings. The van der Waals surface area contributed by atoms with Crippen LogP contribution in [0.1, 0.15) is 48.3 Å². The lowest BCUT2D eigenvalue weighted by molar-refractivity contribution is 0.0711. The molecule has 0 aromatic carbocycles. The third kappa shape index (κ3) is 3.18. The summed E-state index contributed by atoms with van der Waals surface area (Å²) in [6, 6.07) is 6.58. The highest BCUT2D eigenvalue weighted by Gasteiger charge is 2.35. The minimum Gasteiger partial charge on any atom is -0.333 e. The van der Waals surface area contributed by atoms with Crippen LogP contribution in [0.3, 0.4) is 0 Å². The smallest absolute Gasteiger partial charge is 0.272 e. The van der Waals surface area contributed by atoms with Gasteiger partial charge in [-0.3, -0.25) is 4.79 Å². The van der Waals surface area contributed by atoms with E-state index < -0.39 is 0 Å². The van der Waals surface area contributed by atoms with Gasteiger partial charge in [0.2, 0.25) is 0 Å². The number of rotatable bonds is 4. The Hall–Kier alpha value is -1.42. The Morgan fingerprint density at radius 2 is 2.20 bits per heavy atom. The Morgan fingerprint density at radius 1 is 1.35 bits per heavy atom. The van der Waals surface area contributed by atoms with Gasteiger partial charge in [0.1, 0.15) is 5.69 Å². The lowest BCUT2D eigenvalue weighted by Gasteiger charge is -2.30. The van der Waals surface area contributed by atoms with Crippen molar-refractivity contribution < 1.29 is 4.79 Å². The number of hydrogen-bond donors (Lipinski definition) is 1. The van der Waals surface area contributed by atoms with Crippen LogP contribution in [0.15, 0.2) is 18.2 Å². The van der Waals surface area contributed by atoms with Crippen molar-refractivity contribution in [1.82, 2.24) is 15.2 Å². The van der Waals surface area contributed by atoms with Crippen LogP contribution in [0.4, 0.5) is 0 Å². The van der Waals surface area contributed by atoms with Crippen molar-refractivity contribution in [1.29, 1.82) is 0 Å². The van der Waals surface area contributed by atoms with Crippen molar-refractivity contribution in [3.05, 3.63) is 29.6 Å². The molecule has 20 heavy (non-hydrogen) atoms. The molecule has 1 aromatic rings. The summed E-state index contributed by atoms with van der Waals surface area (Å²) in [5.41, 5.74) is 1.50. The first-order valence-electron chi connectivity index (χ1n) is 7.72. The molecule has 0 spiro atoms. The fourth-order valence-electron chi connectivity index (χ4n) is 2.91. The van der Waals surface area contributed by atoms with Crippen LogP contribution in [0, 0.1) is 6.92 Å². The molecule has 1 atom stereocenters. The summed E-state index contributed by atoms with van der Waals surface area (Å²) in [7, 11) is 0. The molecule has 2 heterocycles. The van der Waals surface area contributed by atoms with Gasteiger partial charge >= 0.3 is 0 Å². The molecule has 0 bridgehead atoms. The maximum atomic E-state index is 12.7. The van der Waals surface area contributed by atoms with E-state index >= 15 is 0 Å². The van der Waals surface area contributed by atoms with Crippen molar-refractivity contribution in [2.75, 3.05) is 13.1 Å². The van der Waals surface area contributed by atoms with E-state index in [0.717, 1.165) is 31.6 Å². The second-order valence-corrected chi connectivity index (χ2v) is 6.00. The summed E-state index contributed by atoms with van der Waals surface area (Å²) in [5, 5.41) is 3.54. The van der Waals surface area contributed by atoms with E-state index in [-0.39, 0.29) is 5.91 Å². The van der Waals surface area contributed by atoms with Gasteiger partial charge in [-0.25, -0.2) is 4.98 Å². The van der Waals surface area contributed by atoms with Crippen LogP contribution in [0.2, 0.25) is 0 Å². The van der Waals surface area contributed by atoms with Crippen molar-refractivity contribution >= 4 is 5.91 Å². The van der Waals surface area contributed by atoms with Crippen LogP contribution in [0.25, 0.3) is 0 Å². The first kappa shape index (κ1) is 13.6. The molecular weight excluding hydrogens is 250 g/mol. The van der Waals surface area contributed by atoms with Gasteiger partial charge in [-0.1, -0.05) is 12.5 Å². The monoisotopic (exact) mass is 273 g/mol. The highest BCUT2D eigenvalue weighted by molar-refractivity contribution is 5.92. The van der Waals surface area contributed by atoms with Gasteiger partial charge in [0, 0.05) is 24.3 Å². The zero-order valence-electron chi connectivity index (χ0n) is 12.1. The molecule has 1 amide bonds. The van der Waals surface area contributed by atoms with Crippen LogP contribution < -0.4 is 5.32 Å². The van der Waals surface area contributed by atoms with Gasteiger partial charge < -0.3 is 10.2 Å². The van der Waals surface area contributed by atoms with Crippen LogP contribution in [-0.4, -0.2) is 41.0 Å². The van der Waals surface area contributed by atoms with Gasteiger partial charge in [-0.05, 0) is 51.3 Å². The molecule has 4 nitrogen and oxygen atoms in total. The number of nitrogens with zero attached hydrogens (tertiary/aromatic N) is 2. The summed E-state index contributed by atoms with van der Waals surface area (Å²) in [6.45, 7) is 3.85. The highest BCUT2D eigenvalue weighted by Crippen LogP contribution is 2.29. The standard InChI is InChI=1S/C16H23N3O/c1-12-5-4-7-15(18-12)16(20)19(14-8-9-14)11-13-6-2-3-10-17-13/h4-5,7,13-14,17H,2-3,6,8-11H2,1H3. The molecule has 1 aromatic heterocycles. The SMILES string of the molecule is Cc1cccc(C(=O)N(CC2CCCCN2)C2CC2)n1. The fourth-order valence-corrected chi connectivity index (χ4v) is 2.91. The number of carbonyl (C=O) groups excluding carboxylic acids is 1. The average Bonchev–Trinajstić information content (AvgIpc) is 3.30. The Labute approximate surface area is 120 Å². The molecule has 1 saturated carbocycles. The normalized spacial score (nSPS) is 22.6. The van der Waals surface area contributed by atoms with E-state index in [1.54, 1.807) is 0 Å². The van der Waals surface area contributed by atoms with Gasteiger partial charge in [-0.2, -0.15) is 0 Å². The van der Waals surface area contributed by atoms with Crippen molar-refractivity contribution in [2.45, 2.75) is 51.1 Å². The maximum absolute atomic E-state index is 12.7. The first-order valence-corrected chi connectivity index (χ1v) is 7.72. The van der Waals surface area contributed by atoms with E-state index in [9.17, 15) is 4.79 Å². The second kappa shape index (κ2) is 5.92. The summed E-state index contributed by atoms with van der Waals surface area (Å²) in [6.07, 6.45) is 5.99. The lowest BCUT2D eigenvalue weighted by Crippen LogP contribution is -2.46. The number of amides is 1. The maximum Gasteiger partial charge on any atom is 0.272 e. The van der Waals surface area contributed by atoms with Crippen molar-refractivity contribution in [2.24, 2.45) is 0 Å². The third-order valence-electron chi connectivity index (χ3n) is 4.19. The van der Waals surface area contributed by atoms with E-state index in [1.807, 2.05) is 30.0 Å². The van der Waals surface area contributed by atoms with Crippen molar-refractivity contribution in [3.8, 4) is 0 Å². The third-order valence-corrected chi connectivity index (χ3v) is 4.19. The minimum absolute atomic E-state index is 0.101. The Bertz CT molecular complexity index is 478. The van der Waals surface area contributed by atoms with Gasteiger partial charge in [-0.15, -0.1) is 0 Å². The Balaban J connectivity index is 1.71. The number of pyridine rings is 1. The molecule has 1 aliphatic carbocycles. The Morgan fingerprint density at radius 3 is 2.85 bits per heavy atom. The molecule has 108 valence electrons. The Kier molecular flexibility index (Phi) is 4.01. The summed E-state index contributed by atoms with van der Waals surface area (Å²) < 4.78 is 0. The molecule has 3 rings (SSSR count). The predicted molar refractivity (Wildman–Crippen MR) is 78.7 cm³/mol. The number of piperidine rings is 1. The predicted octanol–water partition coefficient (Wildman–Crippen LogP) is 2.14. The number of aromatic nitrogens is 1. The largest absolute Gasteiger partial charge is 0.333 e. The fraction of sp³-hybridized carbons (Fsp3) is 0.625. The van der Waals surface area contributed by atoms with E-state index in [2.05, 4.69) is 10.3 Å². The highest BCUT2D eigenvalue weighted by atomic mass is 16.2. The van der Waals surface area contributed by atoms with Gasteiger partial charge in [0.05, 0.1) is 0 Å². The molecule has 1 N–H and O–H groups in total. The second-order valence-electron chi connectivity index (χ2n) is 6.00. The zero-order valence-corrected chi connectivity index (χ0v) is 12.1. The van der Waals surface area contributed by atoms with Crippen LogP contribution >= 0.6 is 0 Å². The van der Waals surface area contributed by atoms with Gasteiger partial charge in [0.25, 0.3) is 5.91 Å². The molecule has 1 saturated heterocycles. The molecular formula is C16H23N3O. The molecule has 1 aliphatic heterocycles. The van der Waals surface area contributed by atoms with Crippen LogP contribution in [0.5, 0.6) is 0 Å². The quantitative estimate of drug-likeness (QED) is 0.914. The van der Waals surface area contributed by atoms with Crippen LogP contribution in [-0.2, 0) is 0 Å². The molecule has 2 fully saturated rings. The summed E-state index contributed by atoms with van der Waals surface area (Å²) in [5.74, 6) is 0.101. The van der Waals surface area contributed by atoms with E-state index in [1.165, 1.54) is 19.3 Å². The first-order chi connectivity index (χ1) is 9.74. The number of carbonyl (C=O) groups is 1.